The predicted molar refractivity (Wildman–Crippen MR) is 74.4 cm³/mol. The van der Waals surface area contributed by atoms with E-state index in [9.17, 15) is 4.21 Å². The first-order valence-electron chi connectivity index (χ1n) is 6.43. The third-order valence-corrected chi connectivity index (χ3v) is 3.77. The van der Waals surface area contributed by atoms with Gasteiger partial charge < -0.3 is 0 Å². The van der Waals surface area contributed by atoms with Crippen molar-refractivity contribution in [2.45, 2.75) is 77.4 Å². The van der Waals surface area contributed by atoms with Crippen molar-refractivity contribution in [3.05, 3.63) is 0 Å². The van der Waals surface area contributed by atoms with E-state index in [1.807, 2.05) is 27.0 Å². The van der Waals surface area contributed by atoms with E-state index in [4.69, 9.17) is 0 Å². The quantitative estimate of drug-likeness (QED) is 0.464. The minimum absolute atomic E-state index is 0.225. The monoisotopic (exact) mass is 245 g/mol. The summed E-state index contributed by atoms with van der Waals surface area (Å²) >= 11 is 0. The summed E-state index contributed by atoms with van der Waals surface area (Å²) < 4.78 is 15.4. The van der Waals surface area contributed by atoms with Gasteiger partial charge in [-0.1, -0.05) is 39.0 Å². The molecule has 0 aliphatic rings. The highest BCUT2D eigenvalue weighted by atomic mass is 32.2. The minimum Gasteiger partial charge on any atom is -0.234 e. The molecule has 3 heteroatoms. The first kappa shape index (κ1) is 15.8. The van der Waals surface area contributed by atoms with Gasteiger partial charge in [0.1, 0.15) is 11.0 Å². The molecule has 0 fully saturated rings. The van der Waals surface area contributed by atoms with Crippen molar-refractivity contribution in [3.63, 3.8) is 0 Å². The molecule has 0 aromatic heterocycles. The van der Waals surface area contributed by atoms with Crippen molar-refractivity contribution in [1.29, 1.82) is 0 Å². The van der Waals surface area contributed by atoms with Gasteiger partial charge in [0.25, 0.3) is 0 Å². The van der Waals surface area contributed by atoms with E-state index in [0.29, 0.717) is 0 Å². The molecule has 0 aliphatic heterocycles. The Balaban J connectivity index is 3.45. The fourth-order valence-electron chi connectivity index (χ4n) is 1.29. The average Bonchev–Trinajstić information content (AvgIpc) is 2.20. The Morgan fingerprint density at radius 1 is 1.06 bits per heavy atom. The molecule has 96 valence electrons. The number of hydrogen-bond acceptors (Lipinski definition) is 1. The van der Waals surface area contributed by atoms with Crippen LogP contribution in [-0.4, -0.2) is 15.2 Å². The molecule has 16 heavy (non-hydrogen) atoms. The largest absolute Gasteiger partial charge is 0.234 e. The van der Waals surface area contributed by atoms with E-state index in [1.54, 1.807) is 0 Å². The fourth-order valence-corrected chi connectivity index (χ4v) is 1.85. The van der Waals surface area contributed by atoms with Crippen molar-refractivity contribution in [2.24, 2.45) is 4.40 Å². The molecule has 0 N–H and O–H groups in total. The second-order valence-corrected chi connectivity index (χ2v) is 7.14. The normalized spacial score (nSPS) is 14.5. The third-order valence-electron chi connectivity index (χ3n) is 2.38. The molecule has 0 aromatic rings. The molecule has 0 aliphatic carbocycles. The Bertz CT molecular complexity index is 218. The lowest BCUT2D eigenvalue weighted by molar-refractivity contribution is 0.616. The van der Waals surface area contributed by atoms with E-state index in [2.05, 4.69) is 11.3 Å². The summed E-state index contributed by atoms with van der Waals surface area (Å²) in [6.07, 6.45) is 10.6. The maximum absolute atomic E-state index is 11.6. The highest BCUT2D eigenvalue weighted by molar-refractivity contribution is 7.85. The molecule has 0 aromatic carbocycles. The summed E-state index contributed by atoms with van der Waals surface area (Å²) in [5.41, 5.74) is 0. The SMILES string of the molecule is CCCCCCCC/C=N/[S@](=O)C(C)(C)C. The minimum atomic E-state index is -1.08. The van der Waals surface area contributed by atoms with Crippen molar-refractivity contribution < 1.29 is 4.21 Å². The van der Waals surface area contributed by atoms with Crippen LogP contribution in [0.3, 0.4) is 0 Å². The average molecular weight is 245 g/mol. The maximum atomic E-state index is 11.6. The van der Waals surface area contributed by atoms with Crippen LogP contribution in [0.15, 0.2) is 4.40 Å². The van der Waals surface area contributed by atoms with E-state index >= 15 is 0 Å². The molecule has 0 saturated carbocycles. The summed E-state index contributed by atoms with van der Waals surface area (Å²) in [7, 11) is -1.08. The summed E-state index contributed by atoms with van der Waals surface area (Å²) in [6, 6.07) is 0. The number of nitrogens with zero attached hydrogens (tertiary/aromatic N) is 1. The topological polar surface area (TPSA) is 29.4 Å². The Hall–Kier alpha value is -0.180. The Morgan fingerprint density at radius 2 is 1.62 bits per heavy atom. The number of unbranched alkanes of at least 4 members (excludes halogenated alkanes) is 6. The number of hydrogen-bond donors (Lipinski definition) is 0. The Morgan fingerprint density at radius 3 is 2.19 bits per heavy atom. The second-order valence-electron chi connectivity index (χ2n) is 5.21. The van der Waals surface area contributed by atoms with Gasteiger partial charge in [-0.15, -0.1) is 0 Å². The Labute approximate surface area is 104 Å². The molecular formula is C13H27NOS. The van der Waals surface area contributed by atoms with Gasteiger partial charge in [-0.25, -0.2) is 4.21 Å². The smallest absolute Gasteiger partial charge is 0.144 e. The summed E-state index contributed by atoms with van der Waals surface area (Å²) in [4.78, 5) is 0. The summed E-state index contributed by atoms with van der Waals surface area (Å²) in [5, 5.41) is 0. The van der Waals surface area contributed by atoms with Crippen LogP contribution in [0.2, 0.25) is 0 Å². The van der Waals surface area contributed by atoms with E-state index in [-0.39, 0.29) is 4.75 Å². The number of rotatable bonds is 8. The van der Waals surface area contributed by atoms with Crippen molar-refractivity contribution >= 4 is 17.2 Å². The van der Waals surface area contributed by atoms with Crippen molar-refractivity contribution in [1.82, 2.24) is 0 Å². The third kappa shape index (κ3) is 9.08. The van der Waals surface area contributed by atoms with E-state index in [1.165, 1.54) is 38.5 Å². The molecule has 0 heterocycles. The molecule has 0 unspecified atom stereocenters. The highest BCUT2D eigenvalue weighted by Crippen LogP contribution is 2.12. The molecule has 0 amide bonds. The zero-order valence-corrected chi connectivity index (χ0v) is 12.1. The standard InChI is InChI=1S/C13H27NOS/c1-5-6-7-8-9-10-11-12-14-16(15)13(2,3)4/h12H,5-11H2,1-4H3/b14-12+/t16-/m1/s1. The van der Waals surface area contributed by atoms with Gasteiger partial charge in [0.05, 0.1) is 4.75 Å². The summed E-state index contributed by atoms with van der Waals surface area (Å²) in [5.74, 6) is 0. The lowest BCUT2D eigenvalue weighted by atomic mass is 10.1. The van der Waals surface area contributed by atoms with Crippen molar-refractivity contribution in [3.8, 4) is 0 Å². The molecule has 0 bridgehead atoms. The van der Waals surface area contributed by atoms with Gasteiger partial charge in [-0.3, -0.25) is 0 Å². The van der Waals surface area contributed by atoms with Gasteiger partial charge >= 0.3 is 0 Å². The van der Waals surface area contributed by atoms with Crippen LogP contribution in [0.1, 0.15) is 72.6 Å². The first-order chi connectivity index (χ1) is 7.48. The van der Waals surface area contributed by atoms with Crippen LogP contribution >= 0.6 is 0 Å². The first-order valence-corrected chi connectivity index (χ1v) is 7.53. The van der Waals surface area contributed by atoms with E-state index < -0.39 is 11.0 Å². The molecule has 0 spiro atoms. The second kappa shape index (κ2) is 8.91. The van der Waals surface area contributed by atoms with Crippen LogP contribution in [-0.2, 0) is 11.0 Å². The highest BCUT2D eigenvalue weighted by Gasteiger charge is 2.17. The van der Waals surface area contributed by atoms with Crippen LogP contribution in [0.5, 0.6) is 0 Å². The Kier molecular flexibility index (Phi) is 8.81. The molecule has 0 radical (unpaired) electrons. The fraction of sp³-hybridized carbons (Fsp3) is 0.923. The molecule has 0 saturated heterocycles. The van der Waals surface area contributed by atoms with Gasteiger partial charge in [0.15, 0.2) is 0 Å². The molecule has 1 atom stereocenters. The van der Waals surface area contributed by atoms with E-state index in [0.717, 1.165) is 6.42 Å². The molecule has 0 rings (SSSR count). The zero-order valence-electron chi connectivity index (χ0n) is 11.3. The summed E-state index contributed by atoms with van der Waals surface area (Å²) in [6.45, 7) is 8.08. The van der Waals surface area contributed by atoms with Gasteiger partial charge in [-0.05, 0) is 33.6 Å². The predicted octanol–water partition coefficient (Wildman–Crippen LogP) is 4.27. The van der Waals surface area contributed by atoms with Gasteiger partial charge in [-0.2, -0.15) is 4.40 Å². The molecule has 2 nitrogen and oxygen atoms in total. The lowest BCUT2D eigenvalue weighted by Crippen LogP contribution is -2.19. The van der Waals surface area contributed by atoms with Gasteiger partial charge in [0.2, 0.25) is 0 Å². The maximum Gasteiger partial charge on any atom is 0.144 e. The molecular weight excluding hydrogens is 218 g/mol. The van der Waals surface area contributed by atoms with Crippen LogP contribution in [0.4, 0.5) is 0 Å². The lowest BCUT2D eigenvalue weighted by Gasteiger charge is -2.12. The van der Waals surface area contributed by atoms with Crippen molar-refractivity contribution in [2.75, 3.05) is 0 Å². The zero-order chi connectivity index (χ0) is 12.4. The van der Waals surface area contributed by atoms with Crippen LogP contribution in [0.25, 0.3) is 0 Å². The van der Waals surface area contributed by atoms with Crippen LogP contribution < -0.4 is 0 Å². The van der Waals surface area contributed by atoms with Gasteiger partial charge in [0, 0.05) is 6.21 Å². The van der Waals surface area contributed by atoms with Crippen LogP contribution in [0, 0.1) is 0 Å².